The summed E-state index contributed by atoms with van der Waals surface area (Å²) >= 11 is 0. The molecule has 1 aliphatic rings. The van der Waals surface area contributed by atoms with Crippen molar-refractivity contribution >= 4 is 5.91 Å². The van der Waals surface area contributed by atoms with Gasteiger partial charge in [-0.2, -0.15) is 0 Å². The number of hydrogen-bond donors (Lipinski definition) is 2. The van der Waals surface area contributed by atoms with Gasteiger partial charge in [-0.15, -0.1) is 0 Å². The Morgan fingerprint density at radius 3 is 2.58 bits per heavy atom. The molecule has 0 bridgehead atoms. The van der Waals surface area contributed by atoms with Crippen LogP contribution in [0.3, 0.4) is 0 Å². The van der Waals surface area contributed by atoms with Gasteiger partial charge >= 0.3 is 0 Å². The second-order valence-corrected chi connectivity index (χ2v) is 7.12. The summed E-state index contributed by atoms with van der Waals surface area (Å²) in [6.07, 6.45) is 4.20. The maximum absolute atomic E-state index is 12.1. The fourth-order valence-corrected chi connectivity index (χ4v) is 3.34. The van der Waals surface area contributed by atoms with E-state index in [1.165, 1.54) is 12.5 Å². The lowest BCUT2D eigenvalue weighted by molar-refractivity contribution is -0.118. The van der Waals surface area contributed by atoms with Gasteiger partial charge in [-0.25, -0.2) is 0 Å². The molecule has 1 aliphatic heterocycles. The van der Waals surface area contributed by atoms with E-state index in [1.807, 2.05) is 13.8 Å². The summed E-state index contributed by atoms with van der Waals surface area (Å²) in [5, 5.41) is 10.2. The molecule has 1 aromatic heterocycles. The van der Waals surface area contributed by atoms with Crippen LogP contribution in [-0.2, 0) is 11.3 Å². The summed E-state index contributed by atoms with van der Waals surface area (Å²) < 4.78 is 5.86. The van der Waals surface area contributed by atoms with E-state index < -0.39 is 17.1 Å². The van der Waals surface area contributed by atoms with Crippen LogP contribution >= 0.6 is 0 Å². The third kappa shape index (κ3) is 5.09. The second kappa shape index (κ2) is 8.33. The fourth-order valence-electron chi connectivity index (χ4n) is 3.34. The molecule has 2 rings (SSSR count). The topological polar surface area (TPSA) is 96.8 Å². The molecule has 0 aliphatic carbocycles. The van der Waals surface area contributed by atoms with Crippen LogP contribution < -0.4 is 11.2 Å². The highest BCUT2D eigenvalue weighted by Crippen LogP contribution is 2.32. The number of nitrogens with zero attached hydrogens (tertiary/aromatic N) is 1. The maximum atomic E-state index is 12.1. The van der Waals surface area contributed by atoms with Crippen molar-refractivity contribution in [2.45, 2.75) is 58.4 Å². The Hall–Kier alpha value is -1.82. The van der Waals surface area contributed by atoms with Crippen molar-refractivity contribution in [3.8, 4) is 5.75 Å². The number of hydrogen-bond acceptors (Lipinski definition) is 5. The van der Waals surface area contributed by atoms with Gasteiger partial charge in [0.25, 0.3) is 0 Å². The molecule has 2 heterocycles. The fraction of sp³-hybridized carbons (Fsp3) is 0.667. The van der Waals surface area contributed by atoms with E-state index in [1.54, 1.807) is 0 Å². The Bertz CT molecular complexity index is 618. The molecular formula is C18H28N2O4. The quantitative estimate of drug-likeness (QED) is 0.796. The van der Waals surface area contributed by atoms with Gasteiger partial charge in [-0.3, -0.25) is 14.5 Å². The second-order valence-electron chi connectivity index (χ2n) is 7.12. The summed E-state index contributed by atoms with van der Waals surface area (Å²) in [5.74, 6) is -0.232. The SMILES string of the molecule is CC(C)CC(CC(N)=O)c1oc(CN2CCCCC2)cc(=O)c1O. The zero-order valence-electron chi connectivity index (χ0n) is 14.6. The summed E-state index contributed by atoms with van der Waals surface area (Å²) in [6, 6.07) is 1.35. The number of primary amides is 1. The van der Waals surface area contributed by atoms with Crippen LogP contribution in [0.5, 0.6) is 5.75 Å². The third-order valence-electron chi connectivity index (χ3n) is 4.40. The van der Waals surface area contributed by atoms with Gasteiger partial charge < -0.3 is 15.3 Å². The molecule has 24 heavy (non-hydrogen) atoms. The number of piperidine rings is 1. The lowest BCUT2D eigenvalue weighted by atomic mass is 9.91. The first kappa shape index (κ1) is 18.5. The average Bonchev–Trinajstić information content (AvgIpc) is 2.50. The Labute approximate surface area is 142 Å². The molecule has 1 fully saturated rings. The first-order chi connectivity index (χ1) is 11.4. The normalized spacial score (nSPS) is 17.1. The summed E-state index contributed by atoms with van der Waals surface area (Å²) in [7, 11) is 0. The van der Waals surface area contributed by atoms with E-state index in [4.69, 9.17) is 10.2 Å². The highest BCUT2D eigenvalue weighted by atomic mass is 16.4. The molecule has 0 aromatic carbocycles. The van der Waals surface area contributed by atoms with Gasteiger partial charge in [-0.1, -0.05) is 20.3 Å². The Morgan fingerprint density at radius 2 is 2.00 bits per heavy atom. The highest BCUT2D eigenvalue weighted by Gasteiger charge is 2.25. The van der Waals surface area contributed by atoms with Gasteiger partial charge in [-0.05, 0) is 38.3 Å². The van der Waals surface area contributed by atoms with Crippen LogP contribution in [0.4, 0.5) is 0 Å². The molecule has 0 spiro atoms. The predicted molar refractivity (Wildman–Crippen MR) is 91.8 cm³/mol. The largest absolute Gasteiger partial charge is 0.502 e. The van der Waals surface area contributed by atoms with Crippen LogP contribution in [0, 0.1) is 5.92 Å². The van der Waals surface area contributed by atoms with Crippen LogP contribution in [0.15, 0.2) is 15.3 Å². The minimum absolute atomic E-state index is 0.0574. The number of aromatic hydroxyl groups is 1. The summed E-state index contributed by atoms with van der Waals surface area (Å²) in [5.41, 5.74) is 4.88. The molecule has 6 nitrogen and oxygen atoms in total. The Balaban J connectivity index is 2.28. The molecule has 1 amide bonds. The van der Waals surface area contributed by atoms with Crippen LogP contribution in [0.25, 0.3) is 0 Å². The van der Waals surface area contributed by atoms with Gasteiger partial charge in [0.2, 0.25) is 17.1 Å². The minimum atomic E-state index is -0.468. The van der Waals surface area contributed by atoms with Crippen molar-refractivity contribution in [2.24, 2.45) is 11.7 Å². The standard InChI is InChI=1S/C18H28N2O4/c1-12(2)8-13(9-16(19)22)18-17(23)15(21)10-14(24-18)11-20-6-4-3-5-7-20/h10,12-13,23H,3-9,11H2,1-2H3,(H2,19,22). The van der Waals surface area contributed by atoms with E-state index in [0.29, 0.717) is 18.7 Å². The van der Waals surface area contributed by atoms with E-state index in [-0.39, 0.29) is 24.0 Å². The number of carbonyl (C=O) groups is 1. The highest BCUT2D eigenvalue weighted by molar-refractivity contribution is 5.74. The molecule has 1 atom stereocenters. The first-order valence-corrected chi connectivity index (χ1v) is 8.73. The van der Waals surface area contributed by atoms with Crippen LogP contribution in [0.2, 0.25) is 0 Å². The zero-order chi connectivity index (χ0) is 17.7. The Kier molecular flexibility index (Phi) is 6.43. The maximum Gasteiger partial charge on any atom is 0.227 e. The molecule has 134 valence electrons. The summed E-state index contributed by atoms with van der Waals surface area (Å²) in [4.78, 5) is 25.8. The number of carbonyl (C=O) groups excluding carboxylic acids is 1. The molecule has 1 unspecified atom stereocenters. The van der Waals surface area contributed by atoms with E-state index >= 15 is 0 Å². The van der Waals surface area contributed by atoms with Crippen molar-refractivity contribution in [1.82, 2.24) is 4.90 Å². The van der Waals surface area contributed by atoms with Crippen molar-refractivity contribution in [3.05, 3.63) is 27.8 Å². The van der Waals surface area contributed by atoms with Gasteiger partial charge in [0.05, 0.1) is 6.54 Å². The lowest BCUT2D eigenvalue weighted by Gasteiger charge is -2.26. The molecule has 3 N–H and O–H groups in total. The minimum Gasteiger partial charge on any atom is -0.502 e. The number of likely N-dealkylation sites (tertiary alicyclic amines) is 1. The number of amides is 1. The smallest absolute Gasteiger partial charge is 0.227 e. The van der Waals surface area contributed by atoms with E-state index in [9.17, 15) is 14.7 Å². The monoisotopic (exact) mass is 336 g/mol. The van der Waals surface area contributed by atoms with Gasteiger partial charge in [0, 0.05) is 18.4 Å². The van der Waals surface area contributed by atoms with Crippen LogP contribution in [0.1, 0.15) is 63.4 Å². The van der Waals surface area contributed by atoms with Crippen molar-refractivity contribution < 1.29 is 14.3 Å². The zero-order valence-corrected chi connectivity index (χ0v) is 14.6. The molecule has 0 radical (unpaired) electrons. The molecule has 1 saturated heterocycles. The number of rotatable bonds is 7. The van der Waals surface area contributed by atoms with E-state index in [2.05, 4.69) is 4.90 Å². The summed E-state index contributed by atoms with van der Waals surface area (Å²) in [6.45, 7) is 6.54. The Morgan fingerprint density at radius 1 is 1.33 bits per heavy atom. The number of nitrogens with two attached hydrogens (primary N) is 1. The average molecular weight is 336 g/mol. The lowest BCUT2D eigenvalue weighted by Crippen LogP contribution is -2.29. The first-order valence-electron chi connectivity index (χ1n) is 8.73. The van der Waals surface area contributed by atoms with Crippen LogP contribution in [-0.4, -0.2) is 29.0 Å². The van der Waals surface area contributed by atoms with Gasteiger partial charge in [0.1, 0.15) is 5.76 Å². The molecule has 6 heteroatoms. The molecular weight excluding hydrogens is 308 g/mol. The van der Waals surface area contributed by atoms with Crippen molar-refractivity contribution in [3.63, 3.8) is 0 Å². The van der Waals surface area contributed by atoms with Crippen molar-refractivity contribution in [1.29, 1.82) is 0 Å². The molecule has 0 saturated carbocycles. The predicted octanol–water partition coefficient (Wildman–Crippen LogP) is 2.34. The van der Waals surface area contributed by atoms with Gasteiger partial charge in [0.15, 0.2) is 5.76 Å². The molecule has 1 aromatic rings. The third-order valence-corrected chi connectivity index (χ3v) is 4.40. The van der Waals surface area contributed by atoms with E-state index in [0.717, 1.165) is 25.9 Å². The van der Waals surface area contributed by atoms with Crippen molar-refractivity contribution in [2.75, 3.05) is 13.1 Å².